The van der Waals surface area contributed by atoms with Crippen LogP contribution in [0.15, 0.2) is 10.3 Å². The summed E-state index contributed by atoms with van der Waals surface area (Å²) in [5.41, 5.74) is 0. The van der Waals surface area contributed by atoms with Crippen LogP contribution in [-0.4, -0.2) is 26.1 Å². The Labute approximate surface area is 85.9 Å². The van der Waals surface area contributed by atoms with Crippen molar-refractivity contribution >= 4 is 12.4 Å². The molecule has 0 rings (SSSR count). The van der Waals surface area contributed by atoms with Crippen LogP contribution in [-0.2, 0) is 9.68 Å². The van der Waals surface area contributed by atoms with Crippen molar-refractivity contribution in [1.29, 1.82) is 0 Å². The first-order valence-electron chi connectivity index (χ1n) is 5.05. The second kappa shape index (κ2) is 10.0. The van der Waals surface area contributed by atoms with Crippen molar-refractivity contribution in [2.75, 3.05) is 13.7 Å². The zero-order chi connectivity index (χ0) is 10.6. The van der Waals surface area contributed by atoms with Crippen molar-refractivity contribution < 1.29 is 9.68 Å². The maximum absolute atomic E-state index is 4.84. The average Bonchev–Trinajstić information content (AvgIpc) is 2.22. The van der Waals surface area contributed by atoms with Gasteiger partial charge in [-0.1, -0.05) is 17.2 Å². The molecule has 0 heterocycles. The minimum Gasteiger partial charge on any atom is -0.399 e. The summed E-state index contributed by atoms with van der Waals surface area (Å²) in [6.07, 6.45) is 6.64. The minimum atomic E-state index is 0.461. The summed E-state index contributed by atoms with van der Waals surface area (Å²) in [6.45, 7) is 4.67. The fourth-order valence-electron chi connectivity index (χ4n) is 1.000. The lowest BCUT2D eigenvalue weighted by Crippen LogP contribution is -2.01. The van der Waals surface area contributed by atoms with Crippen LogP contribution in [0.1, 0.15) is 33.1 Å². The lowest BCUT2D eigenvalue weighted by atomic mass is 10.0. The van der Waals surface area contributed by atoms with Gasteiger partial charge in [-0.15, -0.1) is 0 Å². The van der Waals surface area contributed by atoms with E-state index in [2.05, 4.69) is 22.1 Å². The third-order valence-electron chi connectivity index (χ3n) is 1.85. The van der Waals surface area contributed by atoms with Gasteiger partial charge in [0.2, 0.25) is 0 Å². The van der Waals surface area contributed by atoms with Crippen LogP contribution >= 0.6 is 0 Å². The molecule has 0 aromatic carbocycles. The van der Waals surface area contributed by atoms with Crippen molar-refractivity contribution in [3.63, 3.8) is 0 Å². The molecule has 1 unspecified atom stereocenters. The largest absolute Gasteiger partial charge is 0.399 e. The molecule has 0 fully saturated rings. The minimum absolute atomic E-state index is 0.461. The van der Waals surface area contributed by atoms with Gasteiger partial charge in [0.1, 0.15) is 13.7 Å². The molecule has 0 amide bonds. The van der Waals surface area contributed by atoms with Crippen LogP contribution in [0, 0.1) is 5.92 Å². The van der Waals surface area contributed by atoms with E-state index < -0.39 is 0 Å². The fourth-order valence-corrected chi connectivity index (χ4v) is 1.000. The van der Waals surface area contributed by atoms with Gasteiger partial charge in [-0.2, -0.15) is 0 Å². The Morgan fingerprint density at radius 3 is 2.64 bits per heavy atom. The summed E-state index contributed by atoms with van der Waals surface area (Å²) >= 11 is 0. The van der Waals surface area contributed by atoms with Crippen molar-refractivity contribution in [3.05, 3.63) is 0 Å². The van der Waals surface area contributed by atoms with E-state index >= 15 is 0 Å². The van der Waals surface area contributed by atoms with Gasteiger partial charge in [0.15, 0.2) is 0 Å². The highest BCUT2D eigenvalue weighted by Crippen LogP contribution is 2.07. The number of nitrogens with zero attached hydrogens (tertiary/aromatic N) is 2. The Morgan fingerprint density at radius 1 is 1.29 bits per heavy atom. The maximum Gasteiger partial charge on any atom is 0.114 e. The Balaban J connectivity index is 3.56. The number of hydrogen-bond donors (Lipinski definition) is 0. The number of oxime groups is 2. The van der Waals surface area contributed by atoms with Crippen LogP contribution in [0.5, 0.6) is 0 Å². The highest BCUT2D eigenvalue weighted by atomic mass is 16.6. The Kier molecular flexibility index (Phi) is 9.26. The normalized spacial score (nSPS) is 13.6. The van der Waals surface area contributed by atoms with Gasteiger partial charge in [0, 0.05) is 12.4 Å². The second-order valence-electron chi connectivity index (χ2n) is 2.89. The SMILES string of the molecule is CCON=CCCC(C=NOC)CC. The molecule has 0 aromatic rings. The summed E-state index contributed by atoms with van der Waals surface area (Å²) in [5, 5.41) is 7.53. The molecular weight excluding hydrogens is 180 g/mol. The lowest BCUT2D eigenvalue weighted by molar-refractivity contribution is 0.159. The highest BCUT2D eigenvalue weighted by Gasteiger charge is 2.01. The topological polar surface area (TPSA) is 43.2 Å². The van der Waals surface area contributed by atoms with Gasteiger partial charge < -0.3 is 9.68 Å². The first-order chi connectivity index (χ1) is 6.85. The number of hydrogen-bond acceptors (Lipinski definition) is 4. The van der Waals surface area contributed by atoms with Crippen LogP contribution in [0.2, 0.25) is 0 Å². The molecule has 4 nitrogen and oxygen atoms in total. The molecule has 0 radical (unpaired) electrons. The van der Waals surface area contributed by atoms with Crippen LogP contribution < -0.4 is 0 Å². The first kappa shape index (κ1) is 12.9. The van der Waals surface area contributed by atoms with Crippen molar-refractivity contribution in [1.82, 2.24) is 0 Å². The van der Waals surface area contributed by atoms with Crippen LogP contribution in [0.3, 0.4) is 0 Å². The first-order valence-corrected chi connectivity index (χ1v) is 5.05. The van der Waals surface area contributed by atoms with Gasteiger partial charge in [-0.3, -0.25) is 0 Å². The zero-order valence-electron chi connectivity index (χ0n) is 9.27. The van der Waals surface area contributed by atoms with Gasteiger partial charge in [-0.25, -0.2) is 0 Å². The van der Waals surface area contributed by atoms with Crippen molar-refractivity contribution in [2.24, 2.45) is 16.2 Å². The lowest BCUT2D eigenvalue weighted by Gasteiger charge is -2.05. The zero-order valence-corrected chi connectivity index (χ0v) is 9.27. The summed E-state index contributed by atoms with van der Waals surface area (Å²) in [4.78, 5) is 9.47. The Hall–Kier alpha value is -1.06. The summed E-state index contributed by atoms with van der Waals surface area (Å²) in [6, 6.07) is 0. The van der Waals surface area contributed by atoms with Gasteiger partial charge in [0.25, 0.3) is 0 Å². The third-order valence-corrected chi connectivity index (χ3v) is 1.85. The smallest absolute Gasteiger partial charge is 0.114 e. The Morgan fingerprint density at radius 2 is 2.07 bits per heavy atom. The molecular formula is C10H20N2O2. The molecule has 0 bridgehead atoms. The quantitative estimate of drug-likeness (QED) is 0.446. The highest BCUT2D eigenvalue weighted by molar-refractivity contribution is 5.62. The van der Waals surface area contributed by atoms with Gasteiger partial charge in [0.05, 0.1) is 0 Å². The van der Waals surface area contributed by atoms with Gasteiger partial charge >= 0.3 is 0 Å². The molecule has 0 saturated heterocycles. The van der Waals surface area contributed by atoms with Crippen molar-refractivity contribution in [2.45, 2.75) is 33.1 Å². The molecule has 0 aromatic heterocycles. The molecule has 0 aliphatic heterocycles. The van der Waals surface area contributed by atoms with Crippen molar-refractivity contribution in [3.8, 4) is 0 Å². The molecule has 0 aliphatic carbocycles. The van der Waals surface area contributed by atoms with E-state index in [1.807, 2.05) is 13.1 Å². The standard InChI is InChI=1S/C10H20N2O2/c1-4-10(9-12-13-3)7-6-8-11-14-5-2/h8-10H,4-7H2,1-3H3. The molecule has 0 N–H and O–H groups in total. The van der Waals surface area contributed by atoms with Gasteiger partial charge in [-0.05, 0) is 32.1 Å². The van der Waals surface area contributed by atoms with E-state index in [-0.39, 0.29) is 0 Å². The summed E-state index contributed by atoms with van der Waals surface area (Å²) in [5.74, 6) is 0.461. The summed E-state index contributed by atoms with van der Waals surface area (Å²) < 4.78 is 0. The molecule has 0 saturated carbocycles. The van der Waals surface area contributed by atoms with E-state index in [0.717, 1.165) is 19.3 Å². The monoisotopic (exact) mass is 200 g/mol. The van der Waals surface area contributed by atoms with Crippen LogP contribution in [0.25, 0.3) is 0 Å². The molecule has 4 heteroatoms. The molecule has 0 aliphatic rings. The van der Waals surface area contributed by atoms with E-state index in [9.17, 15) is 0 Å². The third kappa shape index (κ3) is 7.58. The molecule has 1 atom stereocenters. The average molecular weight is 200 g/mol. The number of rotatable bonds is 8. The Bertz CT molecular complexity index is 170. The van der Waals surface area contributed by atoms with Crippen LogP contribution in [0.4, 0.5) is 0 Å². The maximum atomic E-state index is 4.84. The molecule has 82 valence electrons. The predicted octanol–water partition coefficient (Wildman–Crippen LogP) is 2.45. The summed E-state index contributed by atoms with van der Waals surface area (Å²) in [7, 11) is 1.56. The second-order valence-corrected chi connectivity index (χ2v) is 2.89. The fraction of sp³-hybridized carbons (Fsp3) is 0.800. The molecule has 14 heavy (non-hydrogen) atoms. The predicted molar refractivity (Wildman–Crippen MR) is 58.6 cm³/mol. The molecule has 0 spiro atoms. The van der Waals surface area contributed by atoms with E-state index in [1.54, 1.807) is 13.3 Å². The van der Waals surface area contributed by atoms with E-state index in [1.165, 1.54) is 0 Å². The van der Waals surface area contributed by atoms with E-state index in [0.29, 0.717) is 12.5 Å². The van der Waals surface area contributed by atoms with E-state index in [4.69, 9.17) is 4.84 Å².